The van der Waals surface area contributed by atoms with Crippen LogP contribution in [0.5, 0.6) is 0 Å². The van der Waals surface area contributed by atoms with Crippen molar-refractivity contribution < 1.29 is 4.79 Å². The van der Waals surface area contributed by atoms with Gasteiger partial charge in [-0.15, -0.1) is 19.3 Å². The van der Waals surface area contributed by atoms with E-state index in [-0.39, 0.29) is 16.8 Å². The summed E-state index contributed by atoms with van der Waals surface area (Å²) in [7, 11) is 0. The molecule has 0 aliphatic carbocycles. The second-order valence-electron chi connectivity index (χ2n) is 4.33. The molecule has 1 aromatic rings. The Labute approximate surface area is 133 Å². The van der Waals surface area contributed by atoms with Crippen LogP contribution >= 0.6 is 11.6 Å². The van der Waals surface area contributed by atoms with Crippen LogP contribution in [0.25, 0.3) is 0 Å². The van der Waals surface area contributed by atoms with Crippen LogP contribution in [-0.2, 0) is 4.79 Å². The second kappa shape index (κ2) is 5.34. The first-order valence-electron chi connectivity index (χ1n) is 6.01. The number of hydrogen-bond donors (Lipinski definition) is 0. The number of carbonyl (C=O) groups is 1. The van der Waals surface area contributed by atoms with E-state index in [0.29, 0.717) is 0 Å². The smallest absolute Gasteiger partial charge is 0.290 e. The van der Waals surface area contributed by atoms with E-state index in [0.717, 1.165) is 4.90 Å². The van der Waals surface area contributed by atoms with E-state index >= 15 is 0 Å². The van der Waals surface area contributed by atoms with Gasteiger partial charge < -0.3 is 4.90 Å². The molecule has 0 fully saturated rings. The summed E-state index contributed by atoms with van der Waals surface area (Å²) in [5.74, 6) is 6.64. The monoisotopic (exact) mass is 308 g/mol. The highest BCUT2D eigenvalue weighted by Crippen LogP contribution is 2.40. The maximum absolute atomic E-state index is 12.7. The molecule has 0 aromatic carbocycles. The van der Waals surface area contributed by atoms with Gasteiger partial charge in [-0.2, -0.15) is 4.98 Å². The predicted molar refractivity (Wildman–Crippen MR) is 84.5 cm³/mol. The fraction of sp³-hybridized carbons (Fsp3) is 0.188. The molecule has 0 radical (unpaired) electrons. The molecule has 0 N–H and O–H groups in total. The van der Waals surface area contributed by atoms with Crippen molar-refractivity contribution in [2.24, 2.45) is 0 Å². The van der Waals surface area contributed by atoms with Crippen LogP contribution in [-0.4, -0.2) is 27.5 Å². The van der Waals surface area contributed by atoms with Gasteiger partial charge in [0.15, 0.2) is 5.82 Å². The zero-order valence-electron chi connectivity index (χ0n) is 11.5. The SMILES string of the molecule is C#CC(C)N1c2nc(Cl)ncc2N(C#C)C(=O)C1(C#C)C#C. The highest BCUT2D eigenvalue weighted by molar-refractivity contribution is 6.28. The Bertz CT molecular complexity index is 805. The standard InChI is InChI=1S/C16H9ClN4O/c1-6-11(5)21-13-12(10-18-15(17)19-13)20(9-4)14(22)16(21,7-2)8-3/h1-4,10-11H,5H3. The van der Waals surface area contributed by atoms with Gasteiger partial charge in [0, 0.05) is 6.04 Å². The molecule has 1 aliphatic rings. The largest absolute Gasteiger partial charge is 0.306 e. The first kappa shape index (κ1) is 15.3. The fourth-order valence-electron chi connectivity index (χ4n) is 2.19. The zero-order chi connectivity index (χ0) is 16.5. The Balaban J connectivity index is 2.90. The van der Waals surface area contributed by atoms with Crippen molar-refractivity contribution in [3.8, 4) is 49.5 Å². The predicted octanol–water partition coefficient (Wildman–Crippen LogP) is 0.901. The van der Waals surface area contributed by atoms with Gasteiger partial charge in [0.05, 0.1) is 12.2 Å². The van der Waals surface area contributed by atoms with Crippen molar-refractivity contribution in [2.45, 2.75) is 18.5 Å². The number of rotatable bonds is 1. The van der Waals surface area contributed by atoms with Gasteiger partial charge in [0.2, 0.25) is 10.8 Å². The summed E-state index contributed by atoms with van der Waals surface area (Å²) in [6.45, 7) is 1.65. The van der Waals surface area contributed by atoms with Crippen molar-refractivity contribution in [1.82, 2.24) is 9.97 Å². The Morgan fingerprint density at radius 1 is 1.32 bits per heavy atom. The minimum atomic E-state index is -1.79. The summed E-state index contributed by atoms with van der Waals surface area (Å²) in [4.78, 5) is 23.0. The van der Waals surface area contributed by atoms with Crippen LogP contribution in [0.1, 0.15) is 6.92 Å². The summed E-state index contributed by atoms with van der Waals surface area (Å²) in [6, 6.07) is 1.60. The Kier molecular flexibility index (Phi) is 3.71. The molecule has 0 bridgehead atoms. The molecule has 2 rings (SSSR count). The first-order chi connectivity index (χ1) is 10.5. The lowest BCUT2D eigenvalue weighted by Gasteiger charge is -2.44. The van der Waals surface area contributed by atoms with Crippen molar-refractivity contribution >= 4 is 29.0 Å². The molecule has 1 aromatic heterocycles. The quantitative estimate of drug-likeness (QED) is 0.571. The minimum Gasteiger partial charge on any atom is -0.306 e. The lowest BCUT2D eigenvalue weighted by Crippen LogP contribution is -2.64. The van der Waals surface area contributed by atoms with Gasteiger partial charge in [-0.3, -0.25) is 4.79 Å². The van der Waals surface area contributed by atoms with Crippen LogP contribution in [0.2, 0.25) is 5.28 Å². The zero-order valence-corrected chi connectivity index (χ0v) is 12.3. The van der Waals surface area contributed by atoms with Gasteiger partial charge >= 0.3 is 0 Å². The van der Waals surface area contributed by atoms with Crippen molar-refractivity contribution in [1.29, 1.82) is 0 Å². The molecule has 1 atom stereocenters. The van der Waals surface area contributed by atoms with Crippen LogP contribution < -0.4 is 9.80 Å². The number of halogens is 1. The molecule has 1 aliphatic heterocycles. The number of amides is 1. The number of nitrogens with zero attached hydrogens (tertiary/aromatic N) is 4. The van der Waals surface area contributed by atoms with E-state index in [2.05, 4.69) is 33.8 Å². The third kappa shape index (κ3) is 1.86. The van der Waals surface area contributed by atoms with E-state index < -0.39 is 17.5 Å². The van der Waals surface area contributed by atoms with Gasteiger partial charge in [-0.05, 0) is 18.5 Å². The van der Waals surface area contributed by atoms with Crippen molar-refractivity contribution in [2.75, 3.05) is 9.80 Å². The molecule has 1 unspecified atom stereocenters. The average molecular weight is 309 g/mol. The number of hydrogen-bond acceptors (Lipinski definition) is 4. The van der Waals surface area contributed by atoms with E-state index in [1.165, 1.54) is 11.1 Å². The van der Waals surface area contributed by atoms with Crippen LogP contribution in [0.3, 0.4) is 0 Å². The Morgan fingerprint density at radius 2 is 1.95 bits per heavy atom. The van der Waals surface area contributed by atoms with Crippen molar-refractivity contribution in [3.05, 3.63) is 11.5 Å². The topological polar surface area (TPSA) is 49.3 Å². The number of carbonyl (C=O) groups excluding carboxylic acids is 1. The molecule has 2 heterocycles. The first-order valence-corrected chi connectivity index (χ1v) is 6.39. The Morgan fingerprint density at radius 3 is 2.45 bits per heavy atom. The maximum Gasteiger partial charge on any atom is 0.290 e. The molecule has 1 amide bonds. The maximum atomic E-state index is 12.7. The fourth-order valence-corrected chi connectivity index (χ4v) is 2.32. The second-order valence-corrected chi connectivity index (χ2v) is 4.67. The third-order valence-corrected chi connectivity index (χ3v) is 3.42. The molecular formula is C16H9ClN4O. The van der Waals surface area contributed by atoms with Gasteiger partial charge in [0.1, 0.15) is 5.69 Å². The van der Waals surface area contributed by atoms with E-state index in [1.807, 2.05) is 0 Å². The number of terminal acetylenes is 4. The number of fused-ring (bicyclic) bond motifs is 1. The van der Waals surface area contributed by atoms with Crippen molar-refractivity contribution in [3.63, 3.8) is 0 Å². The van der Waals surface area contributed by atoms with E-state index in [1.54, 1.807) is 6.92 Å². The molecule has 106 valence electrons. The minimum absolute atomic E-state index is 0.0535. The number of aromatic nitrogens is 2. The lowest BCUT2D eigenvalue weighted by atomic mass is 9.92. The highest BCUT2D eigenvalue weighted by atomic mass is 35.5. The molecular weight excluding hydrogens is 300 g/mol. The Hall–Kier alpha value is -3.12. The summed E-state index contributed by atoms with van der Waals surface area (Å²) in [6.07, 6.45) is 23.3. The van der Waals surface area contributed by atoms with Gasteiger partial charge in [-0.25, -0.2) is 9.88 Å². The molecule has 0 saturated heterocycles. The summed E-state index contributed by atoms with van der Waals surface area (Å²) in [5.41, 5.74) is -1.55. The summed E-state index contributed by atoms with van der Waals surface area (Å²) < 4.78 is 0. The normalized spacial score (nSPS) is 16.5. The molecule has 22 heavy (non-hydrogen) atoms. The average Bonchev–Trinajstić information content (AvgIpc) is 2.53. The lowest BCUT2D eigenvalue weighted by molar-refractivity contribution is -0.120. The summed E-state index contributed by atoms with van der Waals surface area (Å²) >= 11 is 5.84. The van der Waals surface area contributed by atoms with Crippen LogP contribution in [0.4, 0.5) is 11.5 Å². The molecule has 0 spiro atoms. The van der Waals surface area contributed by atoms with Gasteiger partial charge in [-0.1, -0.05) is 24.2 Å². The number of anilines is 2. The van der Waals surface area contributed by atoms with E-state index in [9.17, 15) is 4.79 Å². The summed E-state index contributed by atoms with van der Waals surface area (Å²) in [5, 5.41) is -0.0535. The van der Waals surface area contributed by atoms with Gasteiger partial charge in [0.25, 0.3) is 5.91 Å². The van der Waals surface area contributed by atoms with Crippen LogP contribution in [0, 0.1) is 49.5 Å². The molecule has 6 heteroatoms. The highest BCUT2D eigenvalue weighted by Gasteiger charge is 2.52. The molecule has 0 saturated carbocycles. The molecule has 5 nitrogen and oxygen atoms in total. The third-order valence-electron chi connectivity index (χ3n) is 3.24. The van der Waals surface area contributed by atoms with Crippen LogP contribution in [0.15, 0.2) is 6.20 Å². The van der Waals surface area contributed by atoms with E-state index in [4.69, 9.17) is 37.3 Å².